The Bertz CT molecular complexity index is 216. The second kappa shape index (κ2) is 4.28. The van der Waals surface area contributed by atoms with Crippen LogP contribution in [0.1, 0.15) is 19.8 Å². The van der Waals surface area contributed by atoms with Crippen LogP contribution in [0.3, 0.4) is 0 Å². The molecule has 0 spiro atoms. The van der Waals surface area contributed by atoms with Gasteiger partial charge in [0.2, 0.25) is 0 Å². The van der Waals surface area contributed by atoms with Crippen molar-refractivity contribution in [2.45, 2.75) is 25.3 Å². The van der Waals surface area contributed by atoms with Gasteiger partial charge in [0.05, 0.1) is 0 Å². The van der Waals surface area contributed by atoms with Gasteiger partial charge in [-0.05, 0) is 39.8 Å². The summed E-state index contributed by atoms with van der Waals surface area (Å²) in [7, 11) is 3.68. The number of likely N-dealkylation sites (N-methyl/N-ethyl adjacent to an activating group) is 2. The number of carboxylic acids is 1. The van der Waals surface area contributed by atoms with Gasteiger partial charge in [-0.3, -0.25) is 4.79 Å². The highest BCUT2D eigenvalue weighted by Gasteiger charge is 2.33. The fourth-order valence-corrected chi connectivity index (χ4v) is 1.60. The summed E-state index contributed by atoms with van der Waals surface area (Å²) in [6, 6.07) is 0. The van der Waals surface area contributed by atoms with Crippen LogP contribution >= 0.6 is 0 Å². The van der Waals surface area contributed by atoms with Gasteiger partial charge in [0.25, 0.3) is 0 Å². The number of nitrogens with zero attached hydrogens (tertiary/aromatic N) is 1. The van der Waals surface area contributed by atoms with Gasteiger partial charge in [0.15, 0.2) is 0 Å². The van der Waals surface area contributed by atoms with E-state index in [9.17, 15) is 4.79 Å². The third kappa shape index (κ3) is 2.96. The minimum atomic E-state index is -0.830. The molecule has 2 N–H and O–H groups in total. The lowest BCUT2D eigenvalue weighted by Crippen LogP contribution is -2.55. The van der Waals surface area contributed by atoms with E-state index in [-0.39, 0.29) is 0 Å². The average molecular weight is 200 g/mol. The molecule has 82 valence electrons. The van der Waals surface area contributed by atoms with Crippen LogP contribution in [-0.2, 0) is 4.79 Å². The molecule has 1 aliphatic carbocycles. The normalized spacial score (nSPS) is 20.9. The van der Waals surface area contributed by atoms with Crippen molar-refractivity contribution in [3.05, 3.63) is 0 Å². The molecule has 0 bridgehead atoms. The van der Waals surface area contributed by atoms with Gasteiger partial charge in [-0.15, -0.1) is 0 Å². The third-order valence-corrected chi connectivity index (χ3v) is 2.88. The SMILES string of the molecule is CNC(C)(CN(C)CC1CC1)C(=O)O. The predicted molar refractivity (Wildman–Crippen MR) is 55.3 cm³/mol. The second-order valence-electron chi connectivity index (χ2n) is 4.53. The summed E-state index contributed by atoms with van der Waals surface area (Å²) in [6.07, 6.45) is 2.60. The lowest BCUT2D eigenvalue weighted by atomic mass is 10.0. The van der Waals surface area contributed by atoms with Crippen LogP contribution in [0.15, 0.2) is 0 Å². The van der Waals surface area contributed by atoms with E-state index in [2.05, 4.69) is 10.2 Å². The molecule has 0 aromatic rings. The van der Waals surface area contributed by atoms with Crippen LogP contribution in [0.5, 0.6) is 0 Å². The summed E-state index contributed by atoms with van der Waals surface area (Å²) in [4.78, 5) is 13.1. The fraction of sp³-hybridized carbons (Fsp3) is 0.900. The lowest BCUT2D eigenvalue weighted by Gasteiger charge is -2.29. The van der Waals surface area contributed by atoms with Crippen LogP contribution in [0.4, 0.5) is 0 Å². The molecular formula is C10H20N2O2. The first kappa shape index (κ1) is 11.5. The summed E-state index contributed by atoms with van der Waals surface area (Å²) in [5.74, 6) is 0.0116. The number of aliphatic carboxylic acids is 1. The Morgan fingerprint density at radius 3 is 2.57 bits per heavy atom. The number of carbonyl (C=O) groups is 1. The maximum absolute atomic E-state index is 11.0. The Labute approximate surface area is 85.3 Å². The molecule has 1 saturated carbocycles. The first-order valence-electron chi connectivity index (χ1n) is 5.09. The Kier molecular flexibility index (Phi) is 3.50. The summed E-state index contributed by atoms with van der Waals surface area (Å²) in [5, 5.41) is 11.9. The summed E-state index contributed by atoms with van der Waals surface area (Å²) >= 11 is 0. The van der Waals surface area contributed by atoms with Crippen molar-refractivity contribution in [1.29, 1.82) is 0 Å². The smallest absolute Gasteiger partial charge is 0.324 e. The largest absolute Gasteiger partial charge is 0.480 e. The Balaban J connectivity index is 2.41. The number of hydrogen-bond donors (Lipinski definition) is 2. The minimum absolute atomic E-state index is 0.551. The van der Waals surface area contributed by atoms with E-state index in [0.29, 0.717) is 6.54 Å². The number of carboxylic acid groups (broad SMARTS) is 1. The average Bonchev–Trinajstić information content (AvgIpc) is 2.87. The van der Waals surface area contributed by atoms with Gasteiger partial charge < -0.3 is 15.3 Å². The molecule has 0 radical (unpaired) electrons. The molecule has 0 heterocycles. The van der Waals surface area contributed by atoms with Gasteiger partial charge in [-0.25, -0.2) is 0 Å². The van der Waals surface area contributed by atoms with E-state index in [0.717, 1.165) is 12.5 Å². The van der Waals surface area contributed by atoms with Gasteiger partial charge in [-0.2, -0.15) is 0 Å². The molecule has 1 unspecified atom stereocenters. The zero-order valence-corrected chi connectivity index (χ0v) is 9.21. The molecule has 4 heteroatoms. The minimum Gasteiger partial charge on any atom is -0.480 e. The van der Waals surface area contributed by atoms with Crippen LogP contribution < -0.4 is 5.32 Å². The molecule has 1 aliphatic rings. The fourth-order valence-electron chi connectivity index (χ4n) is 1.60. The van der Waals surface area contributed by atoms with Gasteiger partial charge in [0, 0.05) is 13.1 Å². The first-order chi connectivity index (χ1) is 6.48. The van der Waals surface area contributed by atoms with E-state index in [1.54, 1.807) is 14.0 Å². The van der Waals surface area contributed by atoms with Crippen molar-refractivity contribution < 1.29 is 9.90 Å². The van der Waals surface area contributed by atoms with E-state index < -0.39 is 11.5 Å². The van der Waals surface area contributed by atoms with Gasteiger partial charge >= 0.3 is 5.97 Å². The molecule has 1 rings (SSSR count). The number of rotatable bonds is 6. The molecule has 1 fully saturated rings. The number of nitrogens with one attached hydrogen (secondary N) is 1. The van der Waals surface area contributed by atoms with E-state index in [1.165, 1.54) is 12.8 Å². The maximum atomic E-state index is 11.0. The molecule has 14 heavy (non-hydrogen) atoms. The van der Waals surface area contributed by atoms with Crippen molar-refractivity contribution in [2.75, 3.05) is 27.2 Å². The summed E-state index contributed by atoms with van der Waals surface area (Å²) in [5.41, 5.74) is -0.830. The van der Waals surface area contributed by atoms with Crippen molar-refractivity contribution >= 4 is 5.97 Å². The number of hydrogen-bond acceptors (Lipinski definition) is 3. The molecule has 0 aromatic carbocycles. The zero-order valence-electron chi connectivity index (χ0n) is 9.21. The second-order valence-corrected chi connectivity index (χ2v) is 4.53. The molecule has 0 amide bonds. The van der Waals surface area contributed by atoms with Crippen molar-refractivity contribution in [3.8, 4) is 0 Å². The molecule has 0 saturated heterocycles. The van der Waals surface area contributed by atoms with E-state index in [4.69, 9.17) is 5.11 Å². The summed E-state index contributed by atoms with van der Waals surface area (Å²) in [6.45, 7) is 3.29. The van der Waals surface area contributed by atoms with E-state index >= 15 is 0 Å². The monoisotopic (exact) mass is 200 g/mol. The van der Waals surface area contributed by atoms with Crippen molar-refractivity contribution in [3.63, 3.8) is 0 Å². The molecule has 0 aromatic heterocycles. The molecule has 1 atom stereocenters. The Morgan fingerprint density at radius 1 is 1.64 bits per heavy atom. The highest BCUT2D eigenvalue weighted by Crippen LogP contribution is 2.29. The Hall–Kier alpha value is -0.610. The standard InChI is InChI=1S/C10H20N2O2/c1-10(11-2,9(13)14)7-12(3)6-8-4-5-8/h8,11H,4-7H2,1-3H3,(H,13,14). The van der Waals surface area contributed by atoms with Crippen molar-refractivity contribution in [1.82, 2.24) is 10.2 Å². The van der Waals surface area contributed by atoms with Crippen LogP contribution in [0, 0.1) is 5.92 Å². The van der Waals surface area contributed by atoms with Crippen LogP contribution in [0.2, 0.25) is 0 Å². The Morgan fingerprint density at radius 2 is 2.21 bits per heavy atom. The maximum Gasteiger partial charge on any atom is 0.324 e. The van der Waals surface area contributed by atoms with Crippen molar-refractivity contribution in [2.24, 2.45) is 5.92 Å². The first-order valence-corrected chi connectivity index (χ1v) is 5.09. The lowest BCUT2D eigenvalue weighted by molar-refractivity contribution is -0.144. The topological polar surface area (TPSA) is 52.6 Å². The highest BCUT2D eigenvalue weighted by atomic mass is 16.4. The molecule has 0 aliphatic heterocycles. The van der Waals surface area contributed by atoms with Gasteiger partial charge in [0.1, 0.15) is 5.54 Å². The zero-order chi connectivity index (χ0) is 10.8. The third-order valence-electron chi connectivity index (χ3n) is 2.88. The van der Waals surface area contributed by atoms with Crippen LogP contribution in [0.25, 0.3) is 0 Å². The molecular weight excluding hydrogens is 180 g/mol. The van der Waals surface area contributed by atoms with Crippen LogP contribution in [-0.4, -0.2) is 48.7 Å². The quantitative estimate of drug-likeness (QED) is 0.651. The molecule has 4 nitrogen and oxygen atoms in total. The summed E-state index contributed by atoms with van der Waals surface area (Å²) < 4.78 is 0. The van der Waals surface area contributed by atoms with Gasteiger partial charge in [-0.1, -0.05) is 0 Å². The van der Waals surface area contributed by atoms with E-state index in [1.807, 2.05) is 7.05 Å². The highest BCUT2D eigenvalue weighted by molar-refractivity contribution is 5.78. The predicted octanol–water partition coefficient (Wildman–Crippen LogP) is 0.391.